The predicted octanol–water partition coefficient (Wildman–Crippen LogP) is 4.17. The van der Waals surface area contributed by atoms with Crippen LogP contribution in [0.25, 0.3) is 0 Å². The first-order valence-electron chi connectivity index (χ1n) is 13.9. The molecular formula is C30H46ClN3O4Si. The van der Waals surface area contributed by atoms with Crippen LogP contribution in [0.3, 0.4) is 0 Å². The average Bonchev–Trinajstić information content (AvgIpc) is 2.93. The van der Waals surface area contributed by atoms with Crippen molar-refractivity contribution in [1.82, 2.24) is 9.80 Å². The van der Waals surface area contributed by atoms with Crippen molar-refractivity contribution in [3.05, 3.63) is 60.7 Å². The molecule has 2 aromatic carbocycles. The van der Waals surface area contributed by atoms with Gasteiger partial charge in [-0.05, 0) is 34.7 Å². The van der Waals surface area contributed by atoms with Crippen molar-refractivity contribution >= 4 is 43.1 Å². The molecule has 39 heavy (non-hydrogen) atoms. The average molecular weight is 576 g/mol. The molecule has 0 saturated carbocycles. The molecule has 3 rings (SSSR count). The van der Waals surface area contributed by atoms with Crippen LogP contribution in [-0.2, 0) is 14.0 Å². The van der Waals surface area contributed by atoms with Gasteiger partial charge in [-0.25, -0.2) is 4.79 Å². The van der Waals surface area contributed by atoms with Crippen molar-refractivity contribution in [2.75, 3.05) is 39.4 Å². The van der Waals surface area contributed by atoms with E-state index < -0.39 is 14.4 Å². The topological polar surface area (TPSA) is 85.1 Å². The molecule has 0 aliphatic carbocycles. The van der Waals surface area contributed by atoms with Gasteiger partial charge in [0.05, 0.1) is 12.6 Å². The molecule has 1 heterocycles. The number of ether oxygens (including phenoxy) is 1. The smallest absolute Gasteiger partial charge is 0.409 e. The van der Waals surface area contributed by atoms with E-state index in [1.54, 1.807) is 9.80 Å². The molecule has 0 radical (unpaired) electrons. The molecule has 0 aromatic heterocycles. The number of hydrogen-bond acceptors (Lipinski definition) is 5. The number of carbonyl (C=O) groups is 2. The lowest BCUT2D eigenvalue weighted by Crippen LogP contribution is -2.66. The number of hydrogen-bond donors (Lipinski definition) is 1. The summed E-state index contributed by atoms with van der Waals surface area (Å²) in [5.74, 6) is -0.0607. The molecule has 0 unspecified atom stereocenters. The zero-order valence-electron chi connectivity index (χ0n) is 23.9. The van der Waals surface area contributed by atoms with Crippen LogP contribution in [0, 0.1) is 0 Å². The van der Waals surface area contributed by atoms with Crippen LogP contribution < -0.4 is 16.1 Å². The van der Waals surface area contributed by atoms with Crippen LogP contribution in [0.2, 0.25) is 5.04 Å². The number of benzene rings is 2. The van der Waals surface area contributed by atoms with Gasteiger partial charge in [-0.3, -0.25) is 4.79 Å². The van der Waals surface area contributed by atoms with Crippen molar-refractivity contribution in [1.29, 1.82) is 0 Å². The molecule has 216 valence electrons. The second-order valence-electron chi connectivity index (χ2n) is 11.0. The molecule has 1 fully saturated rings. The van der Waals surface area contributed by atoms with Gasteiger partial charge in [0.15, 0.2) is 0 Å². The van der Waals surface area contributed by atoms with Gasteiger partial charge in [0.2, 0.25) is 5.91 Å². The predicted molar refractivity (Wildman–Crippen MR) is 162 cm³/mol. The first-order chi connectivity index (χ1) is 18.2. The summed E-state index contributed by atoms with van der Waals surface area (Å²) in [6.07, 6.45) is 2.79. The fraction of sp³-hybridized carbons (Fsp3) is 0.533. The molecule has 1 atom stereocenters. The van der Waals surface area contributed by atoms with Crippen LogP contribution >= 0.6 is 12.4 Å². The van der Waals surface area contributed by atoms with Crippen LogP contribution in [0.1, 0.15) is 53.4 Å². The molecule has 1 saturated heterocycles. The number of halogens is 1. The highest BCUT2D eigenvalue weighted by molar-refractivity contribution is 6.99. The number of unbranched alkanes of at least 4 members (excludes halogenated alkanes) is 1. The van der Waals surface area contributed by atoms with E-state index in [1.807, 2.05) is 12.1 Å². The second-order valence-corrected chi connectivity index (χ2v) is 15.3. The Labute approximate surface area is 241 Å². The number of carbonyl (C=O) groups excluding carboxylic acids is 2. The first kappa shape index (κ1) is 32.8. The summed E-state index contributed by atoms with van der Waals surface area (Å²) in [6.45, 7) is 11.7. The number of rotatable bonds is 11. The van der Waals surface area contributed by atoms with Crippen molar-refractivity contribution < 1.29 is 18.8 Å². The van der Waals surface area contributed by atoms with Gasteiger partial charge < -0.3 is 24.7 Å². The lowest BCUT2D eigenvalue weighted by molar-refractivity contribution is -0.134. The summed E-state index contributed by atoms with van der Waals surface area (Å²) in [5, 5.41) is 2.39. The van der Waals surface area contributed by atoms with Crippen LogP contribution in [0.5, 0.6) is 0 Å². The zero-order valence-corrected chi connectivity index (χ0v) is 25.8. The highest BCUT2D eigenvalue weighted by atomic mass is 35.5. The third-order valence-electron chi connectivity index (χ3n) is 7.29. The molecule has 2 aromatic rings. The van der Waals surface area contributed by atoms with E-state index >= 15 is 0 Å². The third-order valence-corrected chi connectivity index (χ3v) is 12.3. The van der Waals surface area contributed by atoms with Gasteiger partial charge in [-0.2, -0.15) is 0 Å². The largest absolute Gasteiger partial charge is 0.449 e. The summed E-state index contributed by atoms with van der Waals surface area (Å²) in [6, 6.07) is 20.5. The summed E-state index contributed by atoms with van der Waals surface area (Å²) in [5.41, 5.74) is 6.34. The maximum Gasteiger partial charge on any atom is 0.409 e. The Morgan fingerprint density at radius 1 is 0.872 bits per heavy atom. The van der Waals surface area contributed by atoms with Crippen LogP contribution in [0.15, 0.2) is 60.7 Å². The number of piperazine rings is 1. The molecule has 7 nitrogen and oxygen atoms in total. The standard InChI is InChI=1S/C30H45N3O4Si.ClH/c1-5-6-23-36-29(35)33-21-19-32(20-22-33)28(34)27(31)18-13-24-37-38(30(2,3)4,25-14-9-7-10-15-25)26-16-11-8-12-17-26;/h7-12,14-17,27H,5-6,13,18-24,31H2,1-4H3;1H/t27-;/m0./s1. The highest BCUT2D eigenvalue weighted by Crippen LogP contribution is 2.36. The minimum Gasteiger partial charge on any atom is -0.449 e. The SMILES string of the molecule is CCCCOC(=O)N1CCN(C(=O)[C@@H](N)CCCO[Si](c2ccccc2)(c2ccccc2)C(C)(C)C)CC1.Cl. The molecule has 0 bridgehead atoms. The normalized spacial score (nSPS) is 14.9. The lowest BCUT2D eigenvalue weighted by atomic mass is 10.1. The van der Waals surface area contributed by atoms with E-state index in [0.29, 0.717) is 52.2 Å². The molecule has 1 aliphatic heterocycles. The summed E-state index contributed by atoms with van der Waals surface area (Å²) < 4.78 is 12.2. The van der Waals surface area contributed by atoms with Crippen molar-refractivity contribution in [3.8, 4) is 0 Å². The van der Waals surface area contributed by atoms with Gasteiger partial charge in [0.1, 0.15) is 0 Å². The van der Waals surface area contributed by atoms with Gasteiger partial charge in [0, 0.05) is 32.8 Å². The molecule has 9 heteroatoms. The molecular weight excluding hydrogens is 530 g/mol. The Balaban J connectivity index is 0.00000533. The Kier molecular flexibility index (Phi) is 13.0. The van der Waals surface area contributed by atoms with Gasteiger partial charge in [-0.1, -0.05) is 94.8 Å². The van der Waals surface area contributed by atoms with E-state index in [4.69, 9.17) is 14.9 Å². The van der Waals surface area contributed by atoms with Gasteiger partial charge in [-0.15, -0.1) is 12.4 Å². The van der Waals surface area contributed by atoms with Crippen molar-refractivity contribution in [2.45, 2.75) is 64.5 Å². The van der Waals surface area contributed by atoms with Crippen molar-refractivity contribution in [2.24, 2.45) is 5.73 Å². The van der Waals surface area contributed by atoms with E-state index in [9.17, 15) is 9.59 Å². The first-order valence-corrected chi connectivity index (χ1v) is 15.8. The summed E-state index contributed by atoms with van der Waals surface area (Å²) in [4.78, 5) is 28.6. The van der Waals surface area contributed by atoms with E-state index in [0.717, 1.165) is 12.8 Å². The van der Waals surface area contributed by atoms with E-state index in [1.165, 1.54) is 10.4 Å². The van der Waals surface area contributed by atoms with E-state index in [2.05, 4.69) is 76.2 Å². The maximum absolute atomic E-state index is 13.0. The number of nitrogens with two attached hydrogens (primary N) is 1. The fourth-order valence-corrected chi connectivity index (χ4v) is 9.76. The van der Waals surface area contributed by atoms with Gasteiger partial charge in [0.25, 0.3) is 8.32 Å². The molecule has 2 amide bonds. The summed E-state index contributed by atoms with van der Waals surface area (Å²) >= 11 is 0. The fourth-order valence-electron chi connectivity index (χ4n) is 5.15. The Morgan fingerprint density at radius 3 is 1.87 bits per heavy atom. The third kappa shape index (κ3) is 8.30. The number of nitrogens with zero attached hydrogens (tertiary/aromatic N) is 2. The molecule has 2 N–H and O–H groups in total. The molecule has 1 aliphatic rings. The number of amides is 2. The van der Waals surface area contributed by atoms with E-state index in [-0.39, 0.29) is 29.4 Å². The summed E-state index contributed by atoms with van der Waals surface area (Å²) in [7, 11) is -2.60. The van der Waals surface area contributed by atoms with Crippen LogP contribution in [0.4, 0.5) is 4.79 Å². The van der Waals surface area contributed by atoms with Crippen LogP contribution in [-0.4, -0.2) is 75.6 Å². The maximum atomic E-state index is 13.0. The second kappa shape index (κ2) is 15.4. The van der Waals surface area contributed by atoms with Gasteiger partial charge >= 0.3 is 6.09 Å². The Hall–Kier alpha value is -2.39. The Bertz CT molecular complexity index is 972. The zero-order chi connectivity index (χ0) is 27.6. The quantitative estimate of drug-likeness (QED) is 0.321. The highest BCUT2D eigenvalue weighted by Gasteiger charge is 2.50. The minimum absolute atomic E-state index is 0. The lowest BCUT2D eigenvalue weighted by Gasteiger charge is -2.43. The van der Waals surface area contributed by atoms with Crippen molar-refractivity contribution in [3.63, 3.8) is 0 Å². The minimum atomic E-state index is -2.60. The molecule has 0 spiro atoms. The Morgan fingerprint density at radius 2 is 1.38 bits per heavy atom. The monoisotopic (exact) mass is 575 g/mol.